The van der Waals surface area contributed by atoms with Gasteiger partial charge in [0.2, 0.25) is 5.91 Å². The van der Waals surface area contributed by atoms with Gasteiger partial charge in [0.15, 0.2) is 0 Å². The molecule has 4 aromatic rings. The molecule has 4 rings (SSSR count). The molecular weight excluding hydrogens is 414 g/mol. The van der Waals surface area contributed by atoms with Gasteiger partial charge in [0.25, 0.3) is 5.91 Å². The fourth-order valence-corrected chi connectivity index (χ4v) is 3.18. The highest BCUT2D eigenvalue weighted by Crippen LogP contribution is 2.18. The number of carbonyl (C=O) groups is 2. The second-order valence-electron chi connectivity index (χ2n) is 7.20. The fourth-order valence-electron chi connectivity index (χ4n) is 3.18. The van der Waals surface area contributed by atoms with Crippen molar-refractivity contribution >= 4 is 23.2 Å². The number of nitrogens with one attached hydrogen (secondary N) is 2. The molecule has 0 fully saturated rings. The van der Waals surface area contributed by atoms with Crippen LogP contribution in [-0.2, 0) is 11.2 Å². The Morgan fingerprint density at radius 2 is 1.76 bits per heavy atom. The van der Waals surface area contributed by atoms with E-state index in [0.717, 1.165) is 16.8 Å². The predicted octanol–water partition coefficient (Wildman–Crippen LogP) is 4.51. The first kappa shape index (κ1) is 21.6. The number of hydrogen-bond acceptors (Lipinski definition) is 5. The molecule has 162 valence electrons. The topological polar surface area (TPSA) is 96.9 Å². The third-order valence-electron chi connectivity index (χ3n) is 4.81. The van der Waals surface area contributed by atoms with Crippen LogP contribution in [0, 0.1) is 0 Å². The normalized spacial score (nSPS) is 10.3. The Bertz CT molecular complexity index is 1290. The quantitative estimate of drug-likeness (QED) is 0.417. The minimum atomic E-state index is -0.335. The number of nitrogens with zero attached hydrogens (tertiary/aromatic N) is 3. The van der Waals surface area contributed by atoms with E-state index in [4.69, 9.17) is 0 Å². The van der Waals surface area contributed by atoms with Crippen LogP contribution < -0.4 is 10.6 Å². The molecule has 0 unspecified atom stereocenters. The van der Waals surface area contributed by atoms with Crippen LogP contribution in [0.3, 0.4) is 0 Å². The van der Waals surface area contributed by atoms with Crippen molar-refractivity contribution in [3.63, 3.8) is 0 Å². The number of rotatable bonds is 7. The lowest BCUT2D eigenvalue weighted by Crippen LogP contribution is -2.13. The molecule has 0 radical (unpaired) electrons. The van der Waals surface area contributed by atoms with Crippen LogP contribution in [0.1, 0.15) is 21.7 Å². The zero-order valence-corrected chi connectivity index (χ0v) is 17.7. The standard InChI is InChI=1S/C26H21N5O2/c1-2-25(32)29-22-7-3-5-19(16-22)26(33)30-21-10-8-18(9-11-21)15-24-28-14-12-23(31-24)20-6-4-13-27-17-20/h2-14,16-17H,1,15H2,(H,29,32)(H,30,33). The maximum Gasteiger partial charge on any atom is 0.255 e. The zero-order chi connectivity index (χ0) is 23.0. The molecule has 7 heteroatoms. The molecule has 0 spiro atoms. The van der Waals surface area contributed by atoms with Gasteiger partial charge in [0, 0.05) is 47.5 Å². The van der Waals surface area contributed by atoms with Crippen molar-refractivity contribution in [3.8, 4) is 11.3 Å². The first-order chi connectivity index (χ1) is 16.1. The van der Waals surface area contributed by atoms with Crippen molar-refractivity contribution < 1.29 is 9.59 Å². The first-order valence-electron chi connectivity index (χ1n) is 10.3. The van der Waals surface area contributed by atoms with Crippen molar-refractivity contribution in [3.05, 3.63) is 115 Å². The van der Waals surface area contributed by atoms with Gasteiger partial charge >= 0.3 is 0 Å². The number of carbonyl (C=O) groups excluding carboxylic acids is 2. The van der Waals surface area contributed by atoms with Crippen molar-refractivity contribution in [2.75, 3.05) is 10.6 Å². The molecule has 0 saturated carbocycles. The lowest BCUT2D eigenvalue weighted by atomic mass is 10.1. The van der Waals surface area contributed by atoms with Gasteiger partial charge in [-0.1, -0.05) is 24.8 Å². The second-order valence-corrected chi connectivity index (χ2v) is 7.20. The van der Waals surface area contributed by atoms with Crippen LogP contribution >= 0.6 is 0 Å². The van der Waals surface area contributed by atoms with Crippen molar-refractivity contribution in [1.29, 1.82) is 0 Å². The fraction of sp³-hybridized carbons (Fsp3) is 0.0385. The predicted molar refractivity (Wildman–Crippen MR) is 128 cm³/mol. The van der Waals surface area contributed by atoms with Crippen molar-refractivity contribution in [1.82, 2.24) is 15.0 Å². The van der Waals surface area contributed by atoms with E-state index in [1.54, 1.807) is 42.9 Å². The zero-order valence-electron chi connectivity index (χ0n) is 17.7. The molecule has 7 nitrogen and oxygen atoms in total. The molecule has 0 bridgehead atoms. The Kier molecular flexibility index (Phi) is 6.61. The maximum atomic E-state index is 12.6. The molecule has 0 aliphatic carbocycles. The van der Waals surface area contributed by atoms with E-state index < -0.39 is 0 Å². The summed E-state index contributed by atoms with van der Waals surface area (Å²) in [4.78, 5) is 37.2. The smallest absolute Gasteiger partial charge is 0.255 e. The number of hydrogen-bond donors (Lipinski definition) is 2. The molecule has 2 amide bonds. The highest BCUT2D eigenvalue weighted by atomic mass is 16.2. The third-order valence-corrected chi connectivity index (χ3v) is 4.81. The summed E-state index contributed by atoms with van der Waals surface area (Å²) in [5.41, 5.74) is 4.40. The van der Waals surface area contributed by atoms with E-state index in [1.807, 2.05) is 42.5 Å². The second kappa shape index (κ2) is 10.1. The Morgan fingerprint density at radius 1 is 0.909 bits per heavy atom. The van der Waals surface area contributed by atoms with E-state index >= 15 is 0 Å². The molecule has 0 atom stereocenters. The van der Waals surface area contributed by atoms with E-state index in [0.29, 0.717) is 29.2 Å². The summed E-state index contributed by atoms with van der Waals surface area (Å²) in [6.07, 6.45) is 6.97. The first-order valence-corrected chi connectivity index (χ1v) is 10.3. The Labute approximate surface area is 191 Å². The Morgan fingerprint density at radius 3 is 2.52 bits per heavy atom. The minimum Gasteiger partial charge on any atom is -0.323 e. The van der Waals surface area contributed by atoms with Crippen LogP contribution in [0.25, 0.3) is 11.3 Å². The largest absolute Gasteiger partial charge is 0.323 e. The minimum absolute atomic E-state index is 0.273. The monoisotopic (exact) mass is 435 g/mol. The molecule has 2 heterocycles. The van der Waals surface area contributed by atoms with Gasteiger partial charge < -0.3 is 10.6 Å². The molecule has 0 aliphatic rings. The highest BCUT2D eigenvalue weighted by molar-refractivity contribution is 6.06. The van der Waals surface area contributed by atoms with Gasteiger partial charge in [-0.15, -0.1) is 0 Å². The number of amides is 2. The molecular formula is C26H21N5O2. The summed E-state index contributed by atoms with van der Waals surface area (Å²) >= 11 is 0. The highest BCUT2D eigenvalue weighted by Gasteiger charge is 2.09. The maximum absolute atomic E-state index is 12.6. The summed E-state index contributed by atoms with van der Waals surface area (Å²) in [6, 6.07) is 19.9. The van der Waals surface area contributed by atoms with E-state index in [1.165, 1.54) is 6.08 Å². The average Bonchev–Trinajstić information content (AvgIpc) is 2.86. The average molecular weight is 435 g/mol. The Hall–Kier alpha value is -4.65. The molecule has 0 aliphatic heterocycles. The van der Waals surface area contributed by atoms with E-state index in [-0.39, 0.29) is 11.8 Å². The summed E-state index contributed by atoms with van der Waals surface area (Å²) in [5.74, 6) is 0.0922. The van der Waals surface area contributed by atoms with E-state index in [9.17, 15) is 9.59 Å². The van der Waals surface area contributed by atoms with Crippen LogP contribution in [0.15, 0.2) is 98.0 Å². The third kappa shape index (κ3) is 5.74. The molecule has 2 aromatic heterocycles. The summed E-state index contributed by atoms with van der Waals surface area (Å²) in [7, 11) is 0. The molecule has 2 N–H and O–H groups in total. The van der Waals surface area contributed by atoms with Gasteiger partial charge in [-0.05, 0) is 60.2 Å². The van der Waals surface area contributed by atoms with Gasteiger partial charge in [-0.2, -0.15) is 0 Å². The van der Waals surface area contributed by atoms with Gasteiger partial charge in [-0.3, -0.25) is 14.6 Å². The SMILES string of the molecule is C=CC(=O)Nc1cccc(C(=O)Nc2ccc(Cc3nccc(-c4cccnc4)n3)cc2)c1. The summed E-state index contributed by atoms with van der Waals surface area (Å²) in [5, 5.41) is 5.51. The number of aromatic nitrogens is 3. The van der Waals surface area contributed by atoms with Crippen LogP contribution in [0.2, 0.25) is 0 Å². The number of benzene rings is 2. The summed E-state index contributed by atoms with van der Waals surface area (Å²) < 4.78 is 0. The molecule has 33 heavy (non-hydrogen) atoms. The number of pyridine rings is 1. The van der Waals surface area contributed by atoms with E-state index in [2.05, 4.69) is 32.2 Å². The van der Waals surface area contributed by atoms with Crippen LogP contribution in [0.5, 0.6) is 0 Å². The van der Waals surface area contributed by atoms with Crippen molar-refractivity contribution in [2.45, 2.75) is 6.42 Å². The van der Waals surface area contributed by atoms with Crippen molar-refractivity contribution in [2.24, 2.45) is 0 Å². The van der Waals surface area contributed by atoms with Gasteiger partial charge in [-0.25, -0.2) is 9.97 Å². The summed E-state index contributed by atoms with van der Waals surface area (Å²) in [6.45, 7) is 3.42. The van der Waals surface area contributed by atoms with Gasteiger partial charge in [0.1, 0.15) is 5.82 Å². The Balaban J connectivity index is 1.41. The van der Waals surface area contributed by atoms with Crippen LogP contribution in [-0.4, -0.2) is 26.8 Å². The number of anilines is 2. The van der Waals surface area contributed by atoms with Gasteiger partial charge in [0.05, 0.1) is 5.69 Å². The lowest BCUT2D eigenvalue weighted by Gasteiger charge is -2.09. The molecule has 2 aromatic carbocycles. The van der Waals surface area contributed by atoms with Crippen LogP contribution in [0.4, 0.5) is 11.4 Å². The molecule has 0 saturated heterocycles. The lowest BCUT2D eigenvalue weighted by molar-refractivity contribution is -0.111.